The van der Waals surface area contributed by atoms with Crippen LogP contribution >= 0.6 is 11.3 Å². The van der Waals surface area contributed by atoms with E-state index >= 15 is 0 Å². The first-order chi connectivity index (χ1) is 22.3. The van der Waals surface area contributed by atoms with Crippen LogP contribution in [0, 0.1) is 5.92 Å². The predicted octanol–water partition coefficient (Wildman–Crippen LogP) is 9.85. The Labute approximate surface area is 264 Å². The number of nitrogens with zero attached hydrogens (tertiary/aromatic N) is 3. The Morgan fingerprint density at radius 1 is 0.689 bits per heavy atom. The number of thiophene rings is 1. The average molecular weight is 596 g/mol. The van der Waals surface area contributed by atoms with E-state index in [2.05, 4.69) is 120 Å². The number of benzene rings is 4. The molecule has 5 heteroatoms. The van der Waals surface area contributed by atoms with Crippen molar-refractivity contribution >= 4 is 31.6 Å². The highest BCUT2D eigenvalue weighted by Gasteiger charge is 2.56. The van der Waals surface area contributed by atoms with Gasteiger partial charge in [0.1, 0.15) is 11.5 Å². The Kier molecular flexibility index (Phi) is 5.17. The standard InChI is InChI=1S/C40H25N3OS/c1-3-13-29-26(11-1)27-20-19-24(22-32(27)40(29)30-14-4-6-16-33(30)44-34-17-7-5-15-31(34)40)36-38-37(28-12-2-8-18-35(28)45-38)43-39(42-36)25-10-9-21-41-23-25/h1-23,26,29H. The number of pyridine rings is 1. The Morgan fingerprint density at radius 3 is 2.29 bits per heavy atom. The van der Waals surface area contributed by atoms with E-state index in [1.54, 1.807) is 17.5 Å². The molecule has 4 nitrogen and oxygen atoms in total. The van der Waals surface area contributed by atoms with Crippen molar-refractivity contribution in [1.29, 1.82) is 0 Å². The van der Waals surface area contributed by atoms with Crippen LogP contribution in [0.4, 0.5) is 0 Å². The molecule has 0 saturated carbocycles. The van der Waals surface area contributed by atoms with E-state index in [0.717, 1.165) is 43.9 Å². The molecule has 1 spiro atoms. The fourth-order valence-corrected chi connectivity index (χ4v) is 9.07. The maximum absolute atomic E-state index is 6.56. The van der Waals surface area contributed by atoms with Gasteiger partial charge in [-0.05, 0) is 47.5 Å². The van der Waals surface area contributed by atoms with E-state index in [-0.39, 0.29) is 11.8 Å². The van der Waals surface area contributed by atoms with Gasteiger partial charge in [0.05, 0.1) is 21.3 Å². The van der Waals surface area contributed by atoms with E-state index in [4.69, 9.17) is 14.7 Å². The number of allylic oxidation sites excluding steroid dienone is 4. The molecule has 2 unspecified atom stereocenters. The summed E-state index contributed by atoms with van der Waals surface area (Å²) in [4.78, 5) is 14.8. The summed E-state index contributed by atoms with van der Waals surface area (Å²) in [6.45, 7) is 0. The number of para-hydroxylation sites is 2. The highest BCUT2D eigenvalue weighted by atomic mass is 32.1. The smallest absolute Gasteiger partial charge is 0.162 e. The molecule has 0 bridgehead atoms. The lowest BCUT2D eigenvalue weighted by Gasteiger charge is -2.43. The minimum Gasteiger partial charge on any atom is -0.457 e. The van der Waals surface area contributed by atoms with Crippen molar-refractivity contribution in [1.82, 2.24) is 15.0 Å². The molecule has 4 heterocycles. The van der Waals surface area contributed by atoms with Crippen LogP contribution in [0.3, 0.4) is 0 Å². The Bertz CT molecular complexity index is 2340. The van der Waals surface area contributed by atoms with Crippen LogP contribution < -0.4 is 4.74 Å². The van der Waals surface area contributed by atoms with Gasteiger partial charge in [-0.25, -0.2) is 9.97 Å². The SMILES string of the molecule is C1=CC2c3ccc(-c4nc(-c5cccnc5)nc5c4sc4ccccc45)cc3C3(c4ccccc4Oc4ccccc43)C2C=C1. The predicted molar refractivity (Wildman–Crippen MR) is 181 cm³/mol. The molecule has 1 aliphatic heterocycles. The monoisotopic (exact) mass is 595 g/mol. The molecular weight excluding hydrogens is 571 g/mol. The highest BCUT2D eigenvalue weighted by molar-refractivity contribution is 7.26. The van der Waals surface area contributed by atoms with Crippen LogP contribution in [-0.4, -0.2) is 15.0 Å². The summed E-state index contributed by atoms with van der Waals surface area (Å²) in [6.07, 6.45) is 12.8. The molecule has 2 aliphatic carbocycles. The minimum absolute atomic E-state index is 0.208. The van der Waals surface area contributed by atoms with Crippen molar-refractivity contribution in [3.63, 3.8) is 0 Å². The van der Waals surface area contributed by atoms with Crippen molar-refractivity contribution < 1.29 is 4.74 Å². The highest BCUT2D eigenvalue weighted by Crippen LogP contribution is 2.64. The van der Waals surface area contributed by atoms with Gasteiger partial charge in [0.25, 0.3) is 0 Å². The first-order valence-corrected chi connectivity index (χ1v) is 16.1. The zero-order chi connectivity index (χ0) is 29.5. The van der Waals surface area contributed by atoms with E-state index in [9.17, 15) is 0 Å². The van der Waals surface area contributed by atoms with Crippen molar-refractivity contribution in [2.75, 3.05) is 0 Å². The van der Waals surface area contributed by atoms with Crippen LogP contribution in [0.5, 0.6) is 11.5 Å². The first-order valence-electron chi connectivity index (χ1n) is 15.3. The third-order valence-electron chi connectivity index (χ3n) is 9.73. The van der Waals surface area contributed by atoms with Crippen molar-refractivity contribution in [3.8, 4) is 34.1 Å². The lowest BCUT2D eigenvalue weighted by atomic mass is 9.62. The molecule has 45 heavy (non-hydrogen) atoms. The Balaban J connectivity index is 1.30. The summed E-state index contributed by atoms with van der Waals surface area (Å²) in [5.41, 5.74) is 8.59. The summed E-state index contributed by atoms with van der Waals surface area (Å²) in [6, 6.07) is 36.6. The van der Waals surface area contributed by atoms with Crippen molar-refractivity contribution in [3.05, 3.63) is 162 Å². The maximum atomic E-state index is 6.56. The van der Waals surface area contributed by atoms with Crippen LogP contribution in [0.15, 0.2) is 140 Å². The summed E-state index contributed by atoms with van der Waals surface area (Å²) < 4.78 is 8.87. The Hall–Kier alpha value is -5.39. The number of rotatable bonds is 2. The second-order valence-electron chi connectivity index (χ2n) is 11.9. The molecular formula is C40H25N3OS. The minimum atomic E-state index is -0.415. The van der Waals surface area contributed by atoms with Gasteiger partial charge in [0, 0.05) is 56.6 Å². The summed E-state index contributed by atoms with van der Waals surface area (Å²) >= 11 is 1.76. The van der Waals surface area contributed by atoms with Gasteiger partial charge < -0.3 is 4.74 Å². The average Bonchev–Trinajstić information content (AvgIpc) is 3.62. The first kappa shape index (κ1) is 25.0. The topological polar surface area (TPSA) is 47.9 Å². The fraction of sp³-hybridized carbons (Fsp3) is 0.0750. The van der Waals surface area contributed by atoms with Gasteiger partial charge in [-0.1, -0.05) is 91.0 Å². The molecule has 0 amide bonds. The third-order valence-corrected chi connectivity index (χ3v) is 10.9. The molecule has 212 valence electrons. The molecule has 3 aromatic heterocycles. The van der Waals surface area contributed by atoms with E-state index < -0.39 is 5.41 Å². The normalized spacial score (nSPS) is 18.4. The van der Waals surface area contributed by atoms with Crippen molar-refractivity contribution in [2.45, 2.75) is 11.3 Å². The van der Waals surface area contributed by atoms with Crippen LogP contribution in [-0.2, 0) is 5.41 Å². The molecule has 0 saturated heterocycles. The summed E-state index contributed by atoms with van der Waals surface area (Å²) in [5, 5.41) is 1.15. The second kappa shape index (κ2) is 9.31. The van der Waals surface area contributed by atoms with Gasteiger partial charge in [0.2, 0.25) is 0 Å². The molecule has 10 rings (SSSR count). The molecule has 7 aromatic rings. The van der Waals surface area contributed by atoms with Gasteiger partial charge in [-0.2, -0.15) is 0 Å². The van der Waals surface area contributed by atoms with E-state index in [0.29, 0.717) is 5.82 Å². The number of aromatic nitrogens is 3. The zero-order valence-corrected chi connectivity index (χ0v) is 24.9. The summed E-state index contributed by atoms with van der Waals surface area (Å²) in [7, 11) is 0. The molecule has 0 fully saturated rings. The molecule has 0 N–H and O–H groups in total. The van der Waals surface area contributed by atoms with Crippen LogP contribution in [0.25, 0.3) is 42.9 Å². The van der Waals surface area contributed by atoms with Crippen LogP contribution in [0.1, 0.15) is 28.2 Å². The quantitative estimate of drug-likeness (QED) is 0.200. The van der Waals surface area contributed by atoms with Gasteiger partial charge >= 0.3 is 0 Å². The maximum Gasteiger partial charge on any atom is 0.162 e. The fourth-order valence-electron chi connectivity index (χ4n) is 7.92. The number of fused-ring (bicyclic) bond motifs is 12. The largest absolute Gasteiger partial charge is 0.457 e. The number of hydrogen-bond donors (Lipinski definition) is 0. The zero-order valence-electron chi connectivity index (χ0n) is 24.1. The lowest BCUT2D eigenvalue weighted by molar-refractivity contribution is 0.374. The molecule has 2 atom stereocenters. The summed E-state index contributed by atoms with van der Waals surface area (Å²) in [5.74, 6) is 2.98. The third kappa shape index (κ3) is 3.39. The lowest BCUT2D eigenvalue weighted by Crippen LogP contribution is -2.37. The molecule has 0 radical (unpaired) electrons. The van der Waals surface area contributed by atoms with Crippen LogP contribution in [0.2, 0.25) is 0 Å². The van der Waals surface area contributed by atoms with E-state index in [1.807, 2.05) is 18.3 Å². The van der Waals surface area contributed by atoms with Gasteiger partial charge in [-0.15, -0.1) is 11.3 Å². The molecule has 3 aliphatic rings. The number of ether oxygens (including phenoxy) is 1. The van der Waals surface area contributed by atoms with E-state index in [1.165, 1.54) is 27.0 Å². The van der Waals surface area contributed by atoms with Gasteiger partial charge in [-0.3, -0.25) is 4.98 Å². The molecule has 4 aromatic carbocycles. The Morgan fingerprint density at radius 2 is 1.47 bits per heavy atom. The second-order valence-corrected chi connectivity index (χ2v) is 13.0. The van der Waals surface area contributed by atoms with Crippen molar-refractivity contribution in [2.24, 2.45) is 5.92 Å². The van der Waals surface area contributed by atoms with Gasteiger partial charge in [0.15, 0.2) is 5.82 Å². The number of hydrogen-bond acceptors (Lipinski definition) is 5.